The number of nitrogens with zero attached hydrogens (tertiary/aromatic N) is 2. The SMILES string of the molecule is O=C(CN(CC1CCCCC1)C(=O)CN(CCCCc1ccccc1)C(=O)Nc1ccc(Oc2ccccc2)cc1)NO. The van der Waals surface area contributed by atoms with Gasteiger partial charge in [-0.15, -0.1) is 0 Å². The van der Waals surface area contributed by atoms with Gasteiger partial charge in [0.2, 0.25) is 5.91 Å². The van der Waals surface area contributed by atoms with Gasteiger partial charge in [0.15, 0.2) is 0 Å². The number of rotatable bonds is 14. The number of carbonyl (C=O) groups is 3. The number of unbranched alkanes of at least 4 members (excludes halogenated alkanes) is 1. The van der Waals surface area contributed by atoms with Crippen LogP contribution in [0, 0.1) is 5.92 Å². The van der Waals surface area contributed by atoms with E-state index in [1.165, 1.54) is 21.8 Å². The third kappa shape index (κ3) is 10.8. The average molecular weight is 587 g/mol. The van der Waals surface area contributed by atoms with E-state index >= 15 is 0 Å². The quantitative estimate of drug-likeness (QED) is 0.117. The lowest BCUT2D eigenvalue weighted by atomic mass is 9.89. The molecule has 4 amide bonds. The van der Waals surface area contributed by atoms with Gasteiger partial charge < -0.3 is 19.9 Å². The summed E-state index contributed by atoms with van der Waals surface area (Å²) >= 11 is 0. The molecule has 9 heteroatoms. The Morgan fingerprint density at radius 1 is 0.767 bits per heavy atom. The number of ether oxygens (including phenoxy) is 1. The van der Waals surface area contributed by atoms with Crippen molar-refractivity contribution in [3.63, 3.8) is 0 Å². The van der Waals surface area contributed by atoms with E-state index in [1.807, 2.05) is 48.5 Å². The van der Waals surface area contributed by atoms with Crippen LogP contribution in [0.5, 0.6) is 11.5 Å². The van der Waals surface area contributed by atoms with Crippen molar-refractivity contribution < 1.29 is 24.3 Å². The van der Waals surface area contributed by atoms with Crippen molar-refractivity contribution >= 4 is 23.5 Å². The lowest BCUT2D eigenvalue weighted by Crippen LogP contribution is -2.49. The minimum atomic E-state index is -0.652. The van der Waals surface area contributed by atoms with Crippen LogP contribution in [0.2, 0.25) is 0 Å². The van der Waals surface area contributed by atoms with E-state index in [4.69, 9.17) is 9.94 Å². The summed E-state index contributed by atoms with van der Waals surface area (Å²) in [7, 11) is 0. The molecule has 0 bridgehead atoms. The van der Waals surface area contributed by atoms with Crippen molar-refractivity contribution in [3.8, 4) is 11.5 Å². The van der Waals surface area contributed by atoms with Crippen LogP contribution in [0.4, 0.5) is 10.5 Å². The smallest absolute Gasteiger partial charge is 0.322 e. The van der Waals surface area contributed by atoms with E-state index in [0.29, 0.717) is 42.6 Å². The molecule has 3 aromatic carbocycles. The summed E-state index contributed by atoms with van der Waals surface area (Å²) in [4.78, 5) is 42.0. The first kappa shape index (κ1) is 31.6. The molecule has 1 fully saturated rings. The van der Waals surface area contributed by atoms with Crippen LogP contribution >= 0.6 is 0 Å². The second-order valence-corrected chi connectivity index (χ2v) is 11.0. The van der Waals surface area contributed by atoms with Gasteiger partial charge in [-0.1, -0.05) is 67.8 Å². The zero-order valence-corrected chi connectivity index (χ0v) is 24.6. The van der Waals surface area contributed by atoms with Crippen LogP contribution in [0.3, 0.4) is 0 Å². The fraction of sp³-hybridized carbons (Fsp3) is 0.382. The van der Waals surface area contributed by atoms with Crippen LogP contribution in [0.1, 0.15) is 50.5 Å². The fourth-order valence-electron chi connectivity index (χ4n) is 5.37. The van der Waals surface area contributed by atoms with Gasteiger partial charge in [0.1, 0.15) is 24.6 Å². The number of urea groups is 1. The minimum absolute atomic E-state index is 0.169. The van der Waals surface area contributed by atoms with E-state index in [0.717, 1.165) is 38.5 Å². The zero-order valence-electron chi connectivity index (χ0n) is 24.6. The van der Waals surface area contributed by atoms with Crippen molar-refractivity contribution in [2.45, 2.75) is 51.4 Å². The van der Waals surface area contributed by atoms with Gasteiger partial charge in [-0.3, -0.25) is 14.8 Å². The molecule has 1 aliphatic rings. The Labute approximate surface area is 253 Å². The van der Waals surface area contributed by atoms with Crippen LogP contribution in [-0.2, 0) is 16.0 Å². The number of hydroxylamine groups is 1. The topological polar surface area (TPSA) is 111 Å². The number of amides is 4. The third-order valence-corrected chi connectivity index (χ3v) is 7.70. The van der Waals surface area contributed by atoms with E-state index in [9.17, 15) is 14.4 Å². The maximum Gasteiger partial charge on any atom is 0.322 e. The molecule has 0 spiro atoms. The van der Waals surface area contributed by atoms with Gasteiger partial charge in [0.25, 0.3) is 5.91 Å². The lowest BCUT2D eigenvalue weighted by Gasteiger charge is -2.31. The number of benzene rings is 3. The van der Waals surface area contributed by atoms with Crippen molar-refractivity contribution in [1.82, 2.24) is 15.3 Å². The van der Waals surface area contributed by atoms with E-state index in [1.54, 1.807) is 29.7 Å². The molecule has 1 aliphatic carbocycles. The average Bonchev–Trinajstić information content (AvgIpc) is 3.04. The molecule has 43 heavy (non-hydrogen) atoms. The highest BCUT2D eigenvalue weighted by atomic mass is 16.5. The second kappa shape index (κ2) is 16.9. The maximum absolute atomic E-state index is 13.5. The summed E-state index contributed by atoms with van der Waals surface area (Å²) in [5.41, 5.74) is 3.44. The molecule has 0 unspecified atom stereocenters. The molecular weight excluding hydrogens is 544 g/mol. The Balaban J connectivity index is 1.41. The van der Waals surface area contributed by atoms with Crippen molar-refractivity contribution in [2.24, 2.45) is 5.92 Å². The maximum atomic E-state index is 13.5. The molecule has 0 radical (unpaired) electrons. The Hall–Kier alpha value is -4.37. The molecule has 3 aromatic rings. The summed E-state index contributed by atoms with van der Waals surface area (Å²) in [6.45, 7) is 0.387. The lowest BCUT2D eigenvalue weighted by molar-refractivity contribution is -0.140. The van der Waals surface area contributed by atoms with Gasteiger partial charge in [-0.2, -0.15) is 0 Å². The summed E-state index contributed by atoms with van der Waals surface area (Å²) < 4.78 is 5.85. The van der Waals surface area contributed by atoms with E-state index in [2.05, 4.69) is 17.4 Å². The number of hydrogen-bond donors (Lipinski definition) is 3. The first-order valence-corrected chi connectivity index (χ1v) is 15.1. The number of aryl methyl sites for hydroxylation is 1. The molecule has 3 N–H and O–H groups in total. The predicted molar refractivity (Wildman–Crippen MR) is 166 cm³/mol. The predicted octanol–water partition coefficient (Wildman–Crippen LogP) is 6.25. The van der Waals surface area contributed by atoms with Crippen LogP contribution in [0.15, 0.2) is 84.9 Å². The van der Waals surface area contributed by atoms with Crippen molar-refractivity contribution in [1.29, 1.82) is 0 Å². The molecule has 0 atom stereocenters. The summed E-state index contributed by atoms with van der Waals surface area (Å²) in [5.74, 6) is 0.679. The number of anilines is 1. The van der Waals surface area contributed by atoms with Crippen molar-refractivity contribution in [3.05, 3.63) is 90.5 Å². The van der Waals surface area contributed by atoms with E-state index < -0.39 is 11.9 Å². The highest BCUT2D eigenvalue weighted by molar-refractivity contribution is 5.93. The molecule has 9 nitrogen and oxygen atoms in total. The number of para-hydroxylation sites is 1. The van der Waals surface area contributed by atoms with Crippen LogP contribution in [0.25, 0.3) is 0 Å². The number of hydrogen-bond acceptors (Lipinski definition) is 5. The molecule has 1 saturated carbocycles. The highest BCUT2D eigenvalue weighted by Gasteiger charge is 2.26. The van der Waals surface area contributed by atoms with Gasteiger partial charge in [0, 0.05) is 18.8 Å². The standard InChI is InChI=1S/C34H42N4O5/c39-32(36-42)25-38(24-28-15-6-2-7-16-28)33(40)26-37(23-11-10-14-27-12-4-1-5-13-27)34(41)35-29-19-21-31(22-20-29)43-30-17-8-3-9-18-30/h1,3-5,8-9,12-13,17-22,28,42H,2,6-7,10-11,14-16,23-26H2,(H,35,41)(H,36,39). The summed E-state index contributed by atoms with van der Waals surface area (Å²) in [5, 5.41) is 12.0. The molecule has 228 valence electrons. The normalized spacial score (nSPS) is 13.1. The Morgan fingerprint density at radius 2 is 1.42 bits per heavy atom. The number of carbonyl (C=O) groups excluding carboxylic acids is 3. The zero-order chi connectivity index (χ0) is 30.3. The molecule has 0 saturated heterocycles. The Kier molecular flexibility index (Phi) is 12.4. The molecule has 4 rings (SSSR count). The number of nitrogens with one attached hydrogen (secondary N) is 2. The van der Waals surface area contributed by atoms with Crippen molar-refractivity contribution in [2.75, 3.05) is 31.5 Å². The highest BCUT2D eigenvalue weighted by Crippen LogP contribution is 2.25. The molecule has 0 heterocycles. The van der Waals surface area contributed by atoms with Gasteiger partial charge in [0.05, 0.1) is 0 Å². The third-order valence-electron chi connectivity index (χ3n) is 7.70. The molecule has 0 aromatic heterocycles. The minimum Gasteiger partial charge on any atom is -0.457 e. The van der Waals surface area contributed by atoms with Gasteiger partial charge >= 0.3 is 6.03 Å². The fourth-order valence-corrected chi connectivity index (χ4v) is 5.37. The summed E-state index contributed by atoms with van der Waals surface area (Å²) in [6, 6.07) is 26.3. The summed E-state index contributed by atoms with van der Waals surface area (Å²) in [6.07, 6.45) is 7.81. The largest absolute Gasteiger partial charge is 0.457 e. The Bertz CT molecular complexity index is 1280. The first-order valence-electron chi connectivity index (χ1n) is 15.1. The van der Waals surface area contributed by atoms with Gasteiger partial charge in [-0.05, 0) is 80.0 Å². The monoisotopic (exact) mass is 586 g/mol. The van der Waals surface area contributed by atoms with E-state index in [-0.39, 0.29) is 19.0 Å². The second-order valence-electron chi connectivity index (χ2n) is 11.0. The van der Waals surface area contributed by atoms with Gasteiger partial charge in [-0.25, -0.2) is 10.3 Å². The van der Waals surface area contributed by atoms with Crippen LogP contribution < -0.4 is 15.5 Å². The Morgan fingerprint density at radius 3 is 2.09 bits per heavy atom. The first-order chi connectivity index (χ1) is 21.0. The molecular formula is C34H42N4O5. The van der Waals surface area contributed by atoms with Crippen LogP contribution in [-0.4, -0.2) is 59.0 Å². The molecule has 0 aliphatic heterocycles.